The highest BCUT2D eigenvalue weighted by Gasteiger charge is 2.23. The van der Waals surface area contributed by atoms with Crippen LogP contribution in [-0.2, 0) is 11.3 Å². The number of carbonyl (C=O) groups excluding carboxylic acids is 2. The summed E-state index contributed by atoms with van der Waals surface area (Å²) in [5.74, 6) is -0.681. The highest BCUT2D eigenvalue weighted by molar-refractivity contribution is 6.16. The summed E-state index contributed by atoms with van der Waals surface area (Å²) < 4.78 is 15.0. The van der Waals surface area contributed by atoms with Crippen LogP contribution in [0.2, 0.25) is 0 Å². The Morgan fingerprint density at radius 3 is 2.55 bits per heavy atom. The maximum Gasteiger partial charge on any atom is 0.240 e. The van der Waals surface area contributed by atoms with Gasteiger partial charge in [-0.25, -0.2) is 4.39 Å². The monoisotopic (exact) mass is 422 g/mol. The highest BCUT2D eigenvalue weighted by Crippen LogP contribution is 2.23. The third-order valence-electron chi connectivity index (χ3n) is 5.97. The summed E-state index contributed by atoms with van der Waals surface area (Å²) in [6.45, 7) is 6.46. The van der Waals surface area contributed by atoms with Gasteiger partial charge in [-0.3, -0.25) is 14.6 Å². The number of aromatic nitrogens is 2. The topological polar surface area (TPSA) is 67.2 Å². The number of carbonyl (C=O) groups is 2. The van der Waals surface area contributed by atoms with E-state index in [4.69, 9.17) is 0 Å². The number of amides is 1. The predicted molar refractivity (Wildman–Crippen MR) is 117 cm³/mol. The number of hydrogen-bond acceptors (Lipinski definition) is 4. The van der Waals surface area contributed by atoms with Crippen molar-refractivity contribution in [1.82, 2.24) is 19.8 Å². The molecule has 0 bridgehead atoms. The highest BCUT2D eigenvalue weighted by atomic mass is 19.1. The van der Waals surface area contributed by atoms with Gasteiger partial charge in [-0.15, -0.1) is 0 Å². The normalized spacial score (nSPS) is 15.5. The van der Waals surface area contributed by atoms with E-state index >= 15 is 0 Å². The molecule has 1 amide bonds. The molecule has 31 heavy (non-hydrogen) atoms. The third-order valence-corrected chi connectivity index (χ3v) is 5.97. The molecule has 0 radical (unpaired) electrons. The van der Waals surface area contributed by atoms with Gasteiger partial charge < -0.3 is 14.8 Å². The van der Waals surface area contributed by atoms with Crippen LogP contribution in [0.3, 0.4) is 0 Å². The van der Waals surface area contributed by atoms with Gasteiger partial charge in [0.1, 0.15) is 12.4 Å². The van der Waals surface area contributed by atoms with Crippen molar-refractivity contribution in [3.63, 3.8) is 0 Å². The van der Waals surface area contributed by atoms with Crippen LogP contribution in [0.4, 0.5) is 4.39 Å². The van der Waals surface area contributed by atoms with E-state index in [1.807, 2.05) is 0 Å². The van der Waals surface area contributed by atoms with Gasteiger partial charge in [-0.2, -0.15) is 0 Å². The maximum atomic E-state index is 13.2. The molecule has 162 valence electrons. The van der Waals surface area contributed by atoms with Crippen LogP contribution in [0.15, 0.2) is 48.9 Å². The van der Waals surface area contributed by atoms with Gasteiger partial charge >= 0.3 is 0 Å². The summed E-state index contributed by atoms with van der Waals surface area (Å²) in [7, 11) is 0. The quantitative estimate of drug-likeness (QED) is 0.619. The Kier molecular flexibility index (Phi) is 6.13. The lowest BCUT2D eigenvalue weighted by Gasteiger charge is -2.34. The van der Waals surface area contributed by atoms with E-state index in [9.17, 15) is 14.0 Å². The van der Waals surface area contributed by atoms with Crippen molar-refractivity contribution in [3.8, 4) is 0 Å². The molecule has 3 heterocycles. The van der Waals surface area contributed by atoms with Gasteiger partial charge in [-0.1, -0.05) is 0 Å². The van der Waals surface area contributed by atoms with Gasteiger partial charge in [0.2, 0.25) is 5.91 Å². The minimum Gasteiger partial charge on any atom is -0.352 e. The molecule has 0 atom stereocenters. The second-order valence-electron chi connectivity index (χ2n) is 8.37. The lowest BCUT2D eigenvalue weighted by Crippen LogP contribution is -2.47. The number of benzene rings is 1. The Morgan fingerprint density at radius 2 is 1.87 bits per heavy atom. The fraction of sp³-hybridized carbons (Fsp3) is 0.375. The fourth-order valence-corrected chi connectivity index (χ4v) is 4.19. The molecule has 1 aromatic carbocycles. The summed E-state index contributed by atoms with van der Waals surface area (Å²) in [4.78, 5) is 32.3. The standard InChI is InChI=1S/C24H27FN4O2/c1-16(2)28-11-8-19(9-12-28)27-23(30)15-29-14-21(20-7-10-26-13-22(20)29)24(31)17-3-5-18(25)6-4-17/h3-7,10,13-14,16,19H,8-9,11-12,15H2,1-2H3,(H,27,30). The van der Waals surface area contributed by atoms with Crippen molar-refractivity contribution < 1.29 is 14.0 Å². The lowest BCUT2D eigenvalue weighted by molar-refractivity contribution is -0.122. The van der Waals surface area contributed by atoms with Crippen LogP contribution < -0.4 is 5.32 Å². The van der Waals surface area contributed by atoms with Gasteiger partial charge in [0.25, 0.3) is 0 Å². The summed E-state index contributed by atoms with van der Waals surface area (Å²) >= 11 is 0. The summed E-state index contributed by atoms with van der Waals surface area (Å²) in [5.41, 5.74) is 1.60. The number of likely N-dealkylation sites (tertiary alicyclic amines) is 1. The van der Waals surface area contributed by atoms with Crippen molar-refractivity contribution in [1.29, 1.82) is 0 Å². The minimum absolute atomic E-state index is 0.0791. The first-order valence-electron chi connectivity index (χ1n) is 10.7. The molecule has 1 saturated heterocycles. The fourth-order valence-electron chi connectivity index (χ4n) is 4.19. The molecule has 1 fully saturated rings. The van der Waals surface area contributed by atoms with Crippen LogP contribution in [-0.4, -0.2) is 51.3 Å². The average molecular weight is 423 g/mol. The molecule has 3 aromatic rings. The van der Waals surface area contributed by atoms with E-state index in [0.717, 1.165) is 36.8 Å². The number of ketones is 1. The molecule has 1 aliphatic rings. The van der Waals surface area contributed by atoms with Gasteiger partial charge in [0.05, 0.1) is 11.7 Å². The van der Waals surface area contributed by atoms with E-state index in [-0.39, 0.29) is 30.1 Å². The first-order valence-corrected chi connectivity index (χ1v) is 10.7. The average Bonchev–Trinajstić information content (AvgIpc) is 3.12. The molecule has 1 N–H and O–H groups in total. The molecule has 2 aromatic heterocycles. The number of halogens is 1. The first-order chi connectivity index (χ1) is 14.9. The molecule has 7 heteroatoms. The van der Waals surface area contributed by atoms with Crippen molar-refractivity contribution in [2.24, 2.45) is 0 Å². The van der Waals surface area contributed by atoms with Crippen molar-refractivity contribution in [3.05, 3.63) is 65.9 Å². The zero-order valence-corrected chi connectivity index (χ0v) is 17.8. The number of fused-ring (bicyclic) bond motifs is 1. The van der Waals surface area contributed by atoms with Crippen LogP contribution >= 0.6 is 0 Å². The number of pyridine rings is 1. The summed E-state index contributed by atoms with van der Waals surface area (Å²) in [5, 5.41) is 3.86. The van der Waals surface area contributed by atoms with Crippen molar-refractivity contribution in [2.75, 3.05) is 13.1 Å². The summed E-state index contributed by atoms with van der Waals surface area (Å²) in [6.07, 6.45) is 6.85. The molecule has 0 saturated carbocycles. The first kappa shape index (κ1) is 21.2. The zero-order chi connectivity index (χ0) is 22.0. The number of nitrogens with zero attached hydrogens (tertiary/aromatic N) is 3. The van der Waals surface area contributed by atoms with E-state index in [2.05, 4.69) is 29.0 Å². The van der Waals surface area contributed by atoms with Crippen LogP contribution in [0.25, 0.3) is 10.9 Å². The number of rotatable bonds is 6. The van der Waals surface area contributed by atoms with E-state index in [1.54, 1.807) is 29.2 Å². The third kappa shape index (κ3) is 4.66. The van der Waals surface area contributed by atoms with Crippen molar-refractivity contribution >= 4 is 22.6 Å². The Balaban J connectivity index is 1.50. The number of piperidine rings is 1. The van der Waals surface area contributed by atoms with Crippen LogP contribution in [0, 0.1) is 5.82 Å². The van der Waals surface area contributed by atoms with E-state index < -0.39 is 0 Å². The van der Waals surface area contributed by atoms with E-state index in [0.29, 0.717) is 17.2 Å². The lowest BCUT2D eigenvalue weighted by atomic mass is 10.0. The van der Waals surface area contributed by atoms with Gasteiger partial charge in [-0.05, 0) is 57.0 Å². The molecule has 0 unspecified atom stereocenters. The molecule has 1 aliphatic heterocycles. The molecule has 0 spiro atoms. The Bertz CT molecular complexity index is 1080. The largest absolute Gasteiger partial charge is 0.352 e. The predicted octanol–water partition coefficient (Wildman–Crippen LogP) is 3.40. The number of hydrogen-bond donors (Lipinski definition) is 1. The molecular weight excluding hydrogens is 395 g/mol. The smallest absolute Gasteiger partial charge is 0.240 e. The van der Waals surface area contributed by atoms with Crippen LogP contribution in [0.5, 0.6) is 0 Å². The van der Waals surface area contributed by atoms with Gasteiger partial charge in [0, 0.05) is 54.1 Å². The van der Waals surface area contributed by atoms with Gasteiger partial charge in [0.15, 0.2) is 5.78 Å². The Hall–Kier alpha value is -3.06. The molecular formula is C24H27FN4O2. The molecule has 0 aliphatic carbocycles. The minimum atomic E-state index is -0.390. The second kappa shape index (κ2) is 8.98. The molecule has 4 rings (SSSR count). The summed E-state index contributed by atoms with van der Waals surface area (Å²) in [6, 6.07) is 7.94. The second-order valence-corrected chi connectivity index (χ2v) is 8.37. The molecule has 6 nitrogen and oxygen atoms in total. The Morgan fingerprint density at radius 1 is 1.16 bits per heavy atom. The number of nitrogens with one attached hydrogen (secondary N) is 1. The maximum absolute atomic E-state index is 13.2. The Labute approximate surface area is 181 Å². The van der Waals surface area contributed by atoms with Crippen molar-refractivity contribution in [2.45, 2.75) is 45.3 Å². The SMILES string of the molecule is CC(C)N1CCC(NC(=O)Cn2cc(C(=O)c3ccc(F)cc3)c3ccncc32)CC1. The zero-order valence-electron chi connectivity index (χ0n) is 17.8. The van der Waals surface area contributed by atoms with Crippen LogP contribution in [0.1, 0.15) is 42.6 Å². The van der Waals surface area contributed by atoms with E-state index in [1.165, 1.54) is 24.3 Å².